The number of aryl methyl sites for hydroxylation is 1. The lowest BCUT2D eigenvalue weighted by atomic mass is 10.0. The molecule has 5 rings (SSSR count). The number of carbonyl (C=O) groups excluding carboxylic acids is 1. The Kier molecular flexibility index (Phi) is 5.69. The lowest BCUT2D eigenvalue weighted by molar-refractivity contribution is -0.187. The highest BCUT2D eigenvalue weighted by Gasteiger charge is 2.40. The minimum atomic E-state index is -0.445. The van der Waals surface area contributed by atoms with Gasteiger partial charge in [0.05, 0.1) is 18.7 Å². The lowest BCUT2D eigenvalue weighted by Gasteiger charge is -2.37. The molecular formula is C24H26ClN3O3. The highest BCUT2D eigenvalue weighted by Crippen LogP contribution is 2.32. The van der Waals surface area contributed by atoms with Crippen molar-refractivity contribution in [3.63, 3.8) is 0 Å². The first-order valence-electron chi connectivity index (χ1n) is 10.9. The van der Waals surface area contributed by atoms with E-state index in [1.165, 1.54) is 0 Å². The van der Waals surface area contributed by atoms with Crippen molar-refractivity contribution in [2.45, 2.75) is 38.0 Å². The number of amides is 1. The van der Waals surface area contributed by atoms with Gasteiger partial charge in [-0.2, -0.15) is 5.10 Å². The van der Waals surface area contributed by atoms with Crippen LogP contribution in [0.1, 0.15) is 25.7 Å². The number of piperidine rings is 1. The van der Waals surface area contributed by atoms with Crippen LogP contribution in [0.2, 0.25) is 5.02 Å². The number of benzene rings is 2. The molecule has 7 heteroatoms. The number of carbonyl (C=O) groups is 1. The van der Waals surface area contributed by atoms with Crippen LogP contribution in [-0.2, 0) is 20.8 Å². The second kappa shape index (κ2) is 8.61. The van der Waals surface area contributed by atoms with Crippen molar-refractivity contribution in [3.8, 4) is 11.3 Å². The Morgan fingerprint density at radius 3 is 2.55 bits per heavy atom. The maximum Gasteiger partial charge on any atom is 0.222 e. The number of halogens is 1. The van der Waals surface area contributed by atoms with Crippen LogP contribution in [-0.4, -0.2) is 52.7 Å². The molecule has 2 fully saturated rings. The number of fused-ring (bicyclic) bond motifs is 1. The van der Waals surface area contributed by atoms with Crippen molar-refractivity contribution in [1.82, 2.24) is 14.7 Å². The summed E-state index contributed by atoms with van der Waals surface area (Å²) in [5.41, 5.74) is 3.01. The van der Waals surface area contributed by atoms with E-state index < -0.39 is 5.79 Å². The predicted molar refractivity (Wildman–Crippen MR) is 120 cm³/mol. The SMILES string of the molecule is O=C(CCCn1nc(-c2ccccc2)c2cc(Cl)ccc21)N1CCC2(CC1)OCCO2. The molecule has 2 saturated heterocycles. The van der Waals surface area contributed by atoms with Crippen molar-refractivity contribution >= 4 is 28.4 Å². The summed E-state index contributed by atoms with van der Waals surface area (Å²) in [4.78, 5) is 14.7. The van der Waals surface area contributed by atoms with Gasteiger partial charge < -0.3 is 14.4 Å². The molecular weight excluding hydrogens is 414 g/mol. The normalized spacial score (nSPS) is 18.2. The standard InChI is InChI=1S/C24H26ClN3O3/c25-19-8-9-21-20(17-19)23(18-5-2-1-3-6-18)26-28(21)12-4-7-22(29)27-13-10-24(11-14-27)30-15-16-31-24/h1-3,5-6,8-9,17H,4,7,10-16H2. The number of hydrogen-bond acceptors (Lipinski definition) is 4. The van der Waals surface area contributed by atoms with E-state index >= 15 is 0 Å². The topological polar surface area (TPSA) is 56.6 Å². The van der Waals surface area contributed by atoms with Crippen molar-refractivity contribution in [2.75, 3.05) is 26.3 Å². The predicted octanol–water partition coefficient (Wildman–Crippen LogP) is 4.50. The Morgan fingerprint density at radius 2 is 1.81 bits per heavy atom. The number of nitrogens with zero attached hydrogens (tertiary/aromatic N) is 3. The van der Waals surface area contributed by atoms with Crippen molar-refractivity contribution in [1.29, 1.82) is 0 Å². The zero-order valence-electron chi connectivity index (χ0n) is 17.4. The third-order valence-corrected chi connectivity index (χ3v) is 6.45. The van der Waals surface area contributed by atoms with E-state index in [9.17, 15) is 4.79 Å². The Bertz CT molecular complexity index is 1070. The smallest absolute Gasteiger partial charge is 0.222 e. The molecule has 0 atom stereocenters. The summed E-state index contributed by atoms with van der Waals surface area (Å²) >= 11 is 6.26. The number of likely N-dealkylation sites (tertiary alicyclic amines) is 1. The lowest BCUT2D eigenvalue weighted by Crippen LogP contribution is -2.47. The molecule has 3 aromatic rings. The first-order chi connectivity index (χ1) is 15.1. The molecule has 162 valence electrons. The van der Waals surface area contributed by atoms with Gasteiger partial charge in [-0.3, -0.25) is 9.48 Å². The van der Waals surface area contributed by atoms with E-state index in [2.05, 4.69) is 12.1 Å². The molecule has 0 N–H and O–H groups in total. The summed E-state index contributed by atoms with van der Waals surface area (Å²) in [6.45, 7) is 3.38. The zero-order chi connectivity index (χ0) is 21.3. The molecule has 2 aliphatic heterocycles. The van der Waals surface area contributed by atoms with Crippen LogP contribution in [0.3, 0.4) is 0 Å². The summed E-state index contributed by atoms with van der Waals surface area (Å²) in [6.07, 6.45) is 2.75. The molecule has 3 heterocycles. The van der Waals surface area contributed by atoms with Gasteiger partial charge in [0.1, 0.15) is 5.69 Å². The van der Waals surface area contributed by atoms with E-state index in [0.29, 0.717) is 44.3 Å². The van der Waals surface area contributed by atoms with E-state index in [4.69, 9.17) is 26.2 Å². The van der Waals surface area contributed by atoms with Crippen molar-refractivity contribution in [3.05, 3.63) is 53.6 Å². The second-order valence-corrected chi connectivity index (χ2v) is 8.63. The molecule has 0 saturated carbocycles. The second-order valence-electron chi connectivity index (χ2n) is 8.19. The molecule has 2 aliphatic rings. The maximum absolute atomic E-state index is 12.7. The van der Waals surface area contributed by atoms with E-state index in [1.54, 1.807) is 0 Å². The molecule has 0 radical (unpaired) electrons. The summed E-state index contributed by atoms with van der Waals surface area (Å²) < 4.78 is 13.5. The van der Waals surface area contributed by atoms with Crippen LogP contribution >= 0.6 is 11.6 Å². The first-order valence-corrected chi connectivity index (χ1v) is 11.3. The molecule has 0 aliphatic carbocycles. The largest absolute Gasteiger partial charge is 0.347 e. The zero-order valence-corrected chi connectivity index (χ0v) is 18.2. The van der Waals surface area contributed by atoms with Gasteiger partial charge in [-0.1, -0.05) is 41.9 Å². The number of hydrogen-bond donors (Lipinski definition) is 0. The Labute approximate surface area is 186 Å². The van der Waals surface area contributed by atoms with Gasteiger partial charge in [0, 0.05) is 54.9 Å². The van der Waals surface area contributed by atoms with Crippen molar-refractivity contribution < 1.29 is 14.3 Å². The molecule has 0 bridgehead atoms. The maximum atomic E-state index is 12.7. The summed E-state index contributed by atoms with van der Waals surface area (Å²) in [7, 11) is 0. The monoisotopic (exact) mass is 439 g/mol. The molecule has 1 aromatic heterocycles. The van der Waals surface area contributed by atoms with Gasteiger partial charge in [-0.15, -0.1) is 0 Å². The van der Waals surface area contributed by atoms with E-state index in [0.717, 1.165) is 41.4 Å². The molecule has 31 heavy (non-hydrogen) atoms. The van der Waals surface area contributed by atoms with Crippen LogP contribution < -0.4 is 0 Å². The fourth-order valence-corrected chi connectivity index (χ4v) is 4.72. The third-order valence-electron chi connectivity index (χ3n) is 6.21. The van der Waals surface area contributed by atoms with Crippen LogP contribution in [0.5, 0.6) is 0 Å². The Hall–Kier alpha value is -2.41. The fourth-order valence-electron chi connectivity index (χ4n) is 4.55. The molecule has 1 spiro atoms. The summed E-state index contributed by atoms with van der Waals surface area (Å²) in [5, 5.41) is 6.58. The summed E-state index contributed by atoms with van der Waals surface area (Å²) in [5.74, 6) is -0.254. The highest BCUT2D eigenvalue weighted by atomic mass is 35.5. The van der Waals surface area contributed by atoms with Crippen LogP contribution in [0, 0.1) is 0 Å². The number of ether oxygens (including phenoxy) is 2. The fraction of sp³-hybridized carbons (Fsp3) is 0.417. The van der Waals surface area contributed by atoms with Gasteiger partial charge in [0.15, 0.2) is 5.79 Å². The third kappa shape index (κ3) is 4.20. The van der Waals surface area contributed by atoms with Gasteiger partial charge in [-0.05, 0) is 24.6 Å². The average molecular weight is 440 g/mol. The van der Waals surface area contributed by atoms with E-state index in [-0.39, 0.29) is 5.91 Å². The van der Waals surface area contributed by atoms with Crippen molar-refractivity contribution in [2.24, 2.45) is 0 Å². The molecule has 1 amide bonds. The molecule has 2 aromatic carbocycles. The minimum Gasteiger partial charge on any atom is -0.347 e. The number of rotatable bonds is 5. The van der Waals surface area contributed by atoms with Gasteiger partial charge in [-0.25, -0.2) is 0 Å². The van der Waals surface area contributed by atoms with E-state index in [1.807, 2.05) is 46.0 Å². The van der Waals surface area contributed by atoms with Gasteiger partial charge >= 0.3 is 0 Å². The quantitative estimate of drug-likeness (QED) is 0.587. The van der Waals surface area contributed by atoms with Crippen LogP contribution in [0.4, 0.5) is 0 Å². The highest BCUT2D eigenvalue weighted by molar-refractivity contribution is 6.31. The molecule has 0 unspecified atom stereocenters. The van der Waals surface area contributed by atoms with Gasteiger partial charge in [0.2, 0.25) is 5.91 Å². The minimum absolute atomic E-state index is 0.190. The van der Waals surface area contributed by atoms with Crippen LogP contribution in [0.25, 0.3) is 22.2 Å². The molecule has 6 nitrogen and oxygen atoms in total. The number of aromatic nitrogens is 2. The van der Waals surface area contributed by atoms with Crippen LogP contribution in [0.15, 0.2) is 48.5 Å². The Balaban J connectivity index is 1.24. The van der Waals surface area contributed by atoms with Gasteiger partial charge in [0.25, 0.3) is 0 Å². The average Bonchev–Trinajstić information content (AvgIpc) is 3.39. The Morgan fingerprint density at radius 1 is 1.06 bits per heavy atom. The summed E-state index contributed by atoms with van der Waals surface area (Å²) in [6, 6.07) is 16.0. The first kappa shape index (κ1) is 20.5.